The fraction of sp³-hybridized carbons (Fsp3) is 0.625. The largest absolute Gasteiger partial charge is 0.427 e. The highest BCUT2D eigenvalue weighted by Crippen LogP contribution is 2.37. The second-order valence-corrected chi connectivity index (χ2v) is 6.47. The van der Waals surface area contributed by atoms with Crippen LogP contribution in [-0.4, -0.2) is 31.0 Å². The molecule has 1 atom stereocenters. The Bertz CT molecular complexity index is 658. The molecular weight excluding hydrogens is 306 g/mol. The molecule has 1 unspecified atom stereocenters. The Morgan fingerprint density at radius 1 is 1.43 bits per heavy atom. The lowest BCUT2D eigenvalue weighted by Gasteiger charge is -2.35. The minimum Gasteiger partial charge on any atom is -0.427 e. The number of hydrogen-bond donors (Lipinski definition) is 2. The monoisotopic (exact) mass is 326 g/mol. The highest BCUT2D eigenvalue weighted by atomic mass is 19.3. The average Bonchev–Trinajstić information content (AvgIpc) is 2.45. The molecule has 2 fully saturated rings. The van der Waals surface area contributed by atoms with Crippen LogP contribution in [0.15, 0.2) is 15.3 Å². The van der Waals surface area contributed by atoms with Crippen molar-refractivity contribution in [3.63, 3.8) is 0 Å². The van der Waals surface area contributed by atoms with Gasteiger partial charge in [0.2, 0.25) is 0 Å². The van der Waals surface area contributed by atoms with Crippen molar-refractivity contribution in [3.8, 4) is 0 Å². The van der Waals surface area contributed by atoms with Crippen LogP contribution in [0, 0.1) is 6.92 Å². The summed E-state index contributed by atoms with van der Waals surface area (Å²) in [5.41, 5.74) is -0.271. The molecule has 2 aliphatic rings. The first-order valence-corrected chi connectivity index (χ1v) is 7.90. The molecule has 3 rings (SSSR count). The van der Waals surface area contributed by atoms with Gasteiger partial charge >= 0.3 is 5.63 Å². The van der Waals surface area contributed by atoms with Gasteiger partial charge in [-0.2, -0.15) is 0 Å². The van der Waals surface area contributed by atoms with E-state index in [4.69, 9.17) is 4.42 Å². The van der Waals surface area contributed by atoms with Crippen LogP contribution in [-0.2, 0) is 0 Å². The van der Waals surface area contributed by atoms with E-state index in [2.05, 4.69) is 10.6 Å². The summed E-state index contributed by atoms with van der Waals surface area (Å²) in [5.74, 6) is -2.65. The van der Waals surface area contributed by atoms with Crippen LogP contribution in [0.3, 0.4) is 0 Å². The molecule has 0 aromatic carbocycles. The van der Waals surface area contributed by atoms with Crippen molar-refractivity contribution < 1.29 is 18.0 Å². The first-order chi connectivity index (χ1) is 10.9. The second kappa shape index (κ2) is 6.03. The quantitative estimate of drug-likeness (QED) is 0.890. The molecule has 0 bridgehead atoms. The zero-order valence-corrected chi connectivity index (χ0v) is 13.0. The number of halogens is 2. The molecule has 1 amide bonds. The lowest BCUT2D eigenvalue weighted by atomic mass is 9.88. The van der Waals surface area contributed by atoms with Gasteiger partial charge < -0.3 is 15.1 Å². The maximum atomic E-state index is 12.8. The zero-order chi connectivity index (χ0) is 16.6. The van der Waals surface area contributed by atoms with Crippen molar-refractivity contribution in [1.29, 1.82) is 0 Å². The first kappa shape index (κ1) is 16.1. The summed E-state index contributed by atoms with van der Waals surface area (Å²) in [6.45, 7) is 3.36. The fourth-order valence-electron chi connectivity index (χ4n) is 3.22. The number of piperidine rings is 1. The third-order valence-corrected chi connectivity index (χ3v) is 4.52. The van der Waals surface area contributed by atoms with E-state index >= 15 is 0 Å². The number of carbonyl (C=O) groups is 1. The lowest BCUT2D eigenvalue weighted by Crippen LogP contribution is -2.51. The molecule has 1 aromatic rings. The normalized spacial score (nSPS) is 24.0. The summed E-state index contributed by atoms with van der Waals surface area (Å²) in [6, 6.07) is 1.13. The summed E-state index contributed by atoms with van der Waals surface area (Å²) < 4.78 is 31.0. The Morgan fingerprint density at radius 3 is 2.74 bits per heavy atom. The number of hydrogen-bond acceptors (Lipinski definition) is 4. The van der Waals surface area contributed by atoms with Crippen molar-refractivity contribution >= 4 is 5.91 Å². The maximum absolute atomic E-state index is 12.8. The number of amides is 1. The van der Waals surface area contributed by atoms with Gasteiger partial charge in [0, 0.05) is 31.3 Å². The molecule has 0 radical (unpaired) electrons. The van der Waals surface area contributed by atoms with Gasteiger partial charge in [-0.3, -0.25) is 4.79 Å². The number of carbonyl (C=O) groups excluding carboxylic acids is 1. The number of alkyl halides is 2. The summed E-state index contributed by atoms with van der Waals surface area (Å²) >= 11 is 0. The number of nitrogens with one attached hydrogen (secondary N) is 2. The summed E-state index contributed by atoms with van der Waals surface area (Å²) in [6.07, 6.45) is 1.17. The van der Waals surface area contributed by atoms with Crippen molar-refractivity contribution in [2.24, 2.45) is 0 Å². The van der Waals surface area contributed by atoms with Gasteiger partial charge in [-0.1, -0.05) is 0 Å². The van der Waals surface area contributed by atoms with E-state index in [0.29, 0.717) is 11.3 Å². The topological polar surface area (TPSA) is 71.3 Å². The summed E-state index contributed by atoms with van der Waals surface area (Å²) in [5, 5.41) is 5.72. The Balaban J connectivity index is 1.75. The van der Waals surface area contributed by atoms with Crippen LogP contribution >= 0.6 is 0 Å². The molecule has 126 valence electrons. The molecular formula is C16H20F2N2O3. The first-order valence-electron chi connectivity index (χ1n) is 7.90. The molecule has 23 heavy (non-hydrogen) atoms. The SMILES string of the molecule is Cc1cc(C2CCCNC2)oc(=O)c1C(=O)NC1CC(F)(F)C1. The number of aryl methyl sites for hydroxylation is 1. The highest BCUT2D eigenvalue weighted by Gasteiger charge is 2.46. The van der Waals surface area contributed by atoms with Crippen LogP contribution in [0.5, 0.6) is 0 Å². The van der Waals surface area contributed by atoms with E-state index in [1.807, 2.05) is 0 Å². The van der Waals surface area contributed by atoms with E-state index in [0.717, 1.165) is 25.9 Å². The van der Waals surface area contributed by atoms with Gasteiger partial charge in [0.15, 0.2) is 0 Å². The minimum atomic E-state index is -2.71. The Kier molecular flexibility index (Phi) is 4.23. The zero-order valence-electron chi connectivity index (χ0n) is 13.0. The molecule has 1 saturated carbocycles. The smallest absolute Gasteiger partial charge is 0.349 e. The Hall–Kier alpha value is -1.76. The Labute approximate surface area is 132 Å². The van der Waals surface area contributed by atoms with Crippen molar-refractivity contribution in [2.75, 3.05) is 13.1 Å². The number of rotatable bonds is 3. The molecule has 7 heteroatoms. The minimum absolute atomic E-state index is 0.0901. The van der Waals surface area contributed by atoms with Gasteiger partial charge in [-0.15, -0.1) is 0 Å². The predicted molar refractivity (Wildman–Crippen MR) is 80.0 cm³/mol. The van der Waals surface area contributed by atoms with E-state index in [1.165, 1.54) is 0 Å². The van der Waals surface area contributed by atoms with Crippen LogP contribution in [0.2, 0.25) is 0 Å². The highest BCUT2D eigenvalue weighted by molar-refractivity contribution is 5.95. The molecule has 2 N–H and O–H groups in total. The van der Waals surface area contributed by atoms with E-state index in [1.54, 1.807) is 13.0 Å². The van der Waals surface area contributed by atoms with Gasteiger partial charge in [-0.25, -0.2) is 13.6 Å². The molecule has 1 aliphatic carbocycles. The van der Waals surface area contributed by atoms with E-state index in [9.17, 15) is 18.4 Å². The van der Waals surface area contributed by atoms with E-state index in [-0.39, 0.29) is 24.3 Å². The molecule has 0 spiro atoms. The van der Waals surface area contributed by atoms with Crippen LogP contribution < -0.4 is 16.3 Å². The Morgan fingerprint density at radius 2 is 2.17 bits per heavy atom. The standard InChI is InChI=1S/C16H20F2N2O3/c1-9-5-12(10-3-2-4-19-8-10)23-15(22)13(9)14(21)20-11-6-16(17,18)7-11/h5,10-11,19H,2-4,6-8H2,1H3,(H,20,21). The average molecular weight is 326 g/mol. The second-order valence-electron chi connectivity index (χ2n) is 6.47. The van der Waals surface area contributed by atoms with Crippen LogP contribution in [0.25, 0.3) is 0 Å². The molecule has 1 aromatic heterocycles. The van der Waals surface area contributed by atoms with Crippen LogP contribution in [0.4, 0.5) is 8.78 Å². The predicted octanol–water partition coefficient (Wildman–Crippen LogP) is 1.94. The summed E-state index contributed by atoms with van der Waals surface area (Å²) in [4.78, 5) is 24.3. The van der Waals surface area contributed by atoms with Gasteiger partial charge in [-0.05, 0) is 37.9 Å². The van der Waals surface area contributed by atoms with Crippen molar-refractivity contribution in [3.05, 3.63) is 33.4 Å². The van der Waals surface area contributed by atoms with Gasteiger partial charge in [0.25, 0.3) is 11.8 Å². The maximum Gasteiger partial charge on any atom is 0.349 e. The molecule has 2 heterocycles. The van der Waals surface area contributed by atoms with E-state index < -0.39 is 23.5 Å². The van der Waals surface area contributed by atoms with Gasteiger partial charge in [0.1, 0.15) is 11.3 Å². The lowest BCUT2D eigenvalue weighted by molar-refractivity contribution is -0.0901. The van der Waals surface area contributed by atoms with Crippen LogP contribution in [0.1, 0.15) is 53.3 Å². The molecule has 5 nitrogen and oxygen atoms in total. The third kappa shape index (κ3) is 3.44. The molecule has 1 saturated heterocycles. The summed E-state index contributed by atoms with van der Waals surface area (Å²) in [7, 11) is 0. The molecule has 1 aliphatic heterocycles. The van der Waals surface area contributed by atoms with Gasteiger partial charge in [0.05, 0.1) is 0 Å². The fourth-order valence-corrected chi connectivity index (χ4v) is 3.22. The van der Waals surface area contributed by atoms with Crippen molar-refractivity contribution in [2.45, 2.75) is 50.5 Å². The third-order valence-electron chi connectivity index (χ3n) is 4.52. The van der Waals surface area contributed by atoms with Crippen molar-refractivity contribution in [1.82, 2.24) is 10.6 Å².